The molecule has 0 fully saturated rings. The van der Waals surface area contributed by atoms with Crippen LogP contribution in [-0.2, 0) is 21.1 Å². The van der Waals surface area contributed by atoms with Gasteiger partial charge in [-0.3, -0.25) is 9.69 Å². The van der Waals surface area contributed by atoms with Crippen LogP contribution >= 0.6 is 23.7 Å². The van der Waals surface area contributed by atoms with Crippen molar-refractivity contribution in [2.24, 2.45) is 0 Å². The number of amides is 1. The smallest absolute Gasteiger partial charge is 0.233 e. The predicted octanol–water partition coefficient (Wildman–Crippen LogP) is 4.83. The van der Waals surface area contributed by atoms with Gasteiger partial charge in [0.05, 0.1) is 33.4 Å². The Balaban J connectivity index is 0.00000432. The Kier molecular flexibility index (Phi) is 10.5. The van der Waals surface area contributed by atoms with Gasteiger partial charge in [0.2, 0.25) is 5.91 Å². The zero-order valence-corrected chi connectivity index (χ0v) is 23.3. The molecule has 0 unspecified atom stereocenters. The number of halogens is 1. The molecule has 0 saturated carbocycles. The van der Waals surface area contributed by atoms with E-state index in [0.29, 0.717) is 18.3 Å². The lowest BCUT2D eigenvalue weighted by Gasteiger charge is -2.21. The lowest BCUT2D eigenvalue weighted by molar-refractivity contribution is -0.118. The molecular weight excluding hydrogens is 506 g/mol. The van der Waals surface area contributed by atoms with Crippen LogP contribution in [0.15, 0.2) is 47.4 Å². The zero-order valence-electron chi connectivity index (χ0n) is 20.9. The first-order valence-corrected chi connectivity index (χ1v) is 13.8. The number of aromatic nitrogens is 1. The summed E-state index contributed by atoms with van der Waals surface area (Å²) in [5.41, 5.74) is 1.60. The number of sulfone groups is 1. The van der Waals surface area contributed by atoms with Gasteiger partial charge in [-0.15, -0.1) is 12.4 Å². The minimum absolute atomic E-state index is 0. The first kappa shape index (κ1) is 29.0. The Morgan fingerprint density at radius 2 is 1.77 bits per heavy atom. The van der Waals surface area contributed by atoms with E-state index in [2.05, 4.69) is 4.90 Å². The van der Waals surface area contributed by atoms with Gasteiger partial charge in [-0.05, 0) is 83.7 Å². The molecule has 2 aromatic carbocycles. The number of fused-ring (bicyclic) bond motifs is 1. The van der Waals surface area contributed by atoms with Crippen molar-refractivity contribution < 1.29 is 17.9 Å². The number of hydrogen-bond donors (Lipinski definition) is 0. The van der Waals surface area contributed by atoms with Crippen molar-refractivity contribution in [3.8, 4) is 5.75 Å². The van der Waals surface area contributed by atoms with Gasteiger partial charge in [-0.25, -0.2) is 13.4 Å². The zero-order chi connectivity index (χ0) is 24.9. The summed E-state index contributed by atoms with van der Waals surface area (Å²) in [5, 5.41) is 0.167. The molecule has 0 aliphatic heterocycles. The number of anilines is 1. The number of carbonyl (C=O) groups is 1. The monoisotopic (exact) mass is 539 g/mol. The van der Waals surface area contributed by atoms with E-state index in [9.17, 15) is 13.2 Å². The summed E-state index contributed by atoms with van der Waals surface area (Å²) in [4.78, 5) is 22.2. The normalized spacial score (nSPS) is 11.6. The van der Waals surface area contributed by atoms with Crippen LogP contribution in [0.4, 0.5) is 5.13 Å². The van der Waals surface area contributed by atoms with Gasteiger partial charge in [-0.2, -0.15) is 0 Å². The Hall–Kier alpha value is -2.20. The van der Waals surface area contributed by atoms with Crippen LogP contribution in [0.2, 0.25) is 0 Å². The number of nitrogens with zero attached hydrogens (tertiary/aromatic N) is 3. The summed E-state index contributed by atoms with van der Waals surface area (Å²) in [7, 11) is 0.669. The number of thiazole rings is 1. The minimum Gasteiger partial charge on any atom is -0.494 e. The van der Waals surface area contributed by atoms with Crippen LogP contribution < -0.4 is 9.64 Å². The van der Waals surface area contributed by atoms with E-state index in [0.717, 1.165) is 34.5 Å². The van der Waals surface area contributed by atoms with Crippen molar-refractivity contribution in [3.63, 3.8) is 0 Å². The lowest BCUT2D eigenvalue weighted by Crippen LogP contribution is -2.34. The molecule has 0 radical (unpaired) electrons. The molecule has 0 aliphatic rings. The van der Waals surface area contributed by atoms with Crippen LogP contribution in [-0.4, -0.2) is 63.3 Å². The van der Waals surface area contributed by atoms with E-state index in [4.69, 9.17) is 9.72 Å². The van der Waals surface area contributed by atoms with Gasteiger partial charge in [0.1, 0.15) is 5.75 Å². The minimum atomic E-state index is -3.34. The highest BCUT2D eigenvalue weighted by Crippen LogP contribution is 2.32. The highest BCUT2D eigenvalue weighted by atomic mass is 35.5. The van der Waals surface area contributed by atoms with E-state index in [1.54, 1.807) is 43.0 Å². The Morgan fingerprint density at radius 3 is 2.37 bits per heavy atom. The first-order chi connectivity index (χ1) is 16.1. The maximum Gasteiger partial charge on any atom is 0.233 e. The van der Waals surface area contributed by atoms with Gasteiger partial charge in [0.25, 0.3) is 0 Å². The van der Waals surface area contributed by atoms with E-state index in [-0.39, 0.29) is 29.6 Å². The lowest BCUT2D eigenvalue weighted by atomic mass is 10.1. The second-order valence-corrected chi connectivity index (χ2v) is 12.2. The number of ether oxygens (including phenoxy) is 1. The Bertz CT molecular complexity index is 1230. The van der Waals surface area contributed by atoms with Crippen molar-refractivity contribution in [3.05, 3.63) is 48.0 Å². The SMILES string of the molecule is CCOc1ccc2nc(N(CCCN(C)C)C(=O)Cc3ccc(S(=O)(=O)C(C)C)cc3)sc2c1.Cl. The predicted molar refractivity (Wildman–Crippen MR) is 146 cm³/mol. The van der Waals surface area contributed by atoms with Crippen LogP contribution in [0, 0.1) is 0 Å². The summed E-state index contributed by atoms with van der Waals surface area (Å²) >= 11 is 1.47. The quantitative estimate of drug-likeness (QED) is 0.347. The van der Waals surface area contributed by atoms with E-state index in [1.807, 2.05) is 39.2 Å². The molecule has 3 rings (SSSR count). The van der Waals surface area contributed by atoms with Gasteiger partial charge < -0.3 is 9.64 Å². The molecular formula is C25H34ClN3O4S2. The van der Waals surface area contributed by atoms with E-state index >= 15 is 0 Å². The number of carbonyl (C=O) groups excluding carboxylic acids is 1. The fourth-order valence-electron chi connectivity index (χ4n) is 3.48. The molecule has 0 N–H and O–H groups in total. The molecule has 0 aliphatic carbocycles. The van der Waals surface area contributed by atoms with Crippen LogP contribution in [0.25, 0.3) is 10.2 Å². The molecule has 1 amide bonds. The van der Waals surface area contributed by atoms with Crippen LogP contribution in [0.1, 0.15) is 32.8 Å². The Morgan fingerprint density at radius 1 is 1.09 bits per heavy atom. The first-order valence-electron chi connectivity index (χ1n) is 11.4. The molecule has 7 nitrogen and oxygen atoms in total. The molecule has 1 aromatic heterocycles. The average molecular weight is 540 g/mol. The van der Waals surface area contributed by atoms with E-state index in [1.165, 1.54) is 11.3 Å². The summed E-state index contributed by atoms with van der Waals surface area (Å²) in [6, 6.07) is 12.4. The van der Waals surface area contributed by atoms with Crippen molar-refractivity contribution in [2.45, 2.75) is 43.8 Å². The molecule has 10 heteroatoms. The average Bonchev–Trinajstić information content (AvgIpc) is 3.20. The highest BCUT2D eigenvalue weighted by Gasteiger charge is 2.22. The van der Waals surface area contributed by atoms with Crippen LogP contribution in [0.3, 0.4) is 0 Å². The molecule has 0 saturated heterocycles. The van der Waals surface area contributed by atoms with Crippen molar-refractivity contribution in [1.82, 2.24) is 9.88 Å². The molecule has 0 spiro atoms. The third-order valence-corrected chi connectivity index (χ3v) is 8.62. The fourth-order valence-corrected chi connectivity index (χ4v) is 5.57. The summed E-state index contributed by atoms with van der Waals surface area (Å²) < 4.78 is 31.3. The van der Waals surface area contributed by atoms with Crippen molar-refractivity contribution in [2.75, 3.05) is 38.7 Å². The van der Waals surface area contributed by atoms with E-state index < -0.39 is 15.1 Å². The molecule has 35 heavy (non-hydrogen) atoms. The summed E-state index contributed by atoms with van der Waals surface area (Å²) in [5.74, 6) is 0.717. The van der Waals surface area contributed by atoms with Crippen molar-refractivity contribution in [1.29, 1.82) is 0 Å². The second kappa shape index (κ2) is 12.7. The number of benzene rings is 2. The second-order valence-electron chi connectivity index (χ2n) is 8.68. The Labute approximate surface area is 218 Å². The van der Waals surface area contributed by atoms with Gasteiger partial charge in [0, 0.05) is 6.54 Å². The topological polar surface area (TPSA) is 79.8 Å². The maximum absolute atomic E-state index is 13.4. The van der Waals surface area contributed by atoms with Crippen molar-refractivity contribution >= 4 is 54.8 Å². The summed E-state index contributed by atoms with van der Waals surface area (Å²) in [6.07, 6.45) is 0.981. The van der Waals surface area contributed by atoms with Gasteiger partial charge >= 0.3 is 0 Å². The van der Waals surface area contributed by atoms with Gasteiger partial charge in [0.15, 0.2) is 15.0 Å². The third-order valence-electron chi connectivity index (χ3n) is 5.41. The third kappa shape index (κ3) is 7.39. The number of rotatable bonds is 11. The standard InChI is InChI=1S/C25H33N3O4S2.ClH/c1-6-32-20-10-13-22-23(17-20)33-25(26-22)28(15-7-14-27(4)5)24(29)16-19-8-11-21(12-9-19)34(30,31)18(2)3;/h8-13,17-18H,6-7,14-16H2,1-5H3;1H. The maximum atomic E-state index is 13.4. The van der Waals surface area contributed by atoms with Crippen LogP contribution in [0.5, 0.6) is 5.75 Å². The number of hydrogen-bond acceptors (Lipinski definition) is 7. The molecule has 1 heterocycles. The van der Waals surface area contributed by atoms with Gasteiger partial charge in [-0.1, -0.05) is 23.5 Å². The molecule has 0 atom stereocenters. The largest absolute Gasteiger partial charge is 0.494 e. The highest BCUT2D eigenvalue weighted by molar-refractivity contribution is 7.92. The molecule has 0 bridgehead atoms. The molecule has 192 valence electrons. The molecule has 3 aromatic rings. The fraction of sp³-hybridized carbons (Fsp3) is 0.440. The summed E-state index contributed by atoms with van der Waals surface area (Å²) in [6.45, 7) is 7.25.